The van der Waals surface area contributed by atoms with E-state index < -0.39 is 0 Å². The molecular formula is CH3ClN8S-2. The van der Waals surface area contributed by atoms with Crippen molar-refractivity contribution in [1.29, 1.82) is 0 Å². The third-order valence-corrected chi connectivity index (χ3v) is 1.04. The van der Waals surface area contributed by atoms with E-state index in [-0.39, 0.29) is 4.77 Å². The number of hydrogen-bond acceptors (Lipinski definition) is 4. The maximum Gasteiger partial charge on any atom is 0.106 e. The molecule has 62 valence electrons. The zero-order chi connectivity index (χ0) is 8.10. The number of hydrogen-bond donors (Lipinski definition) is 2. The van der Waals surface area contributed by atoms with Crippen molar-refractivity contribution >= 4 is 24.0 Å². The Morgan fingerprint density at radius 1 is 1.82 bits per heavy atom. The van der Waals surface area contributed by atoms with E-state index in [0.29, 0.717) is 0 Å². The number of nitrogens with one attached hydrogen (secondary N) is 1. The van der Waals surface area contributed by atoms with Crippen molar-refractivity contribution in [1.82, 2.24) is 20.3 Å². The minimum Gasteiger partial charge on any atom is -0.456 e. The van der Waals surface area contributed by atoms with Crippen LogP contribution in [-0.4, -0.2) is 15.2 Å². The first-order valence-corrected chi connectivity index (χ1v) is 3.13. The molecule has 0 saturated heterocycles. The topological polar surface area (TPSA) is 102 Å². The van der Waals surface area contributed by atoms with Crippen LogP contribution >= 0.6 is 24.0 Å². The standard InChI is InChI=1S/CH4ClN8S/c2-4-6-7-9-10-1(11)3-5-8-10/h9H,6H2,(H,3,8,11)/q-1/p-1. The van der Waals surface area contributed by atoms with Gasteiger partial charge in [-0.05, 0) is 0 Å². The second-order valence-electron chi connectivity index (χ2n) is 1.32. The zero-order valence-electron chi connectivity index (χ0n) is 5.05. The summed E-state index contributed by atoms with van der Waals surface area (Å²) in [5, 5.41) is 10.1. The molecule has 0 aromatic carbocycles. The molecule has 0 bridgehead atoms. The third kappa shape index (κ3) is 2.40. The van der Waals surface area contributed by atoms with Gasteiger partial charge >= 0.3 is 0 Å². The highest BCUT2D eigenvalue weighted by Gasteiger charge is 1.73. The smallest absolute Gasteiger partial charge is 0.106 e. The van der Waals surface area contributed by atoms with E-state index in [2.05, 4.69) is 43.8 Å². The number of quaternary nitrogens is 1. The average molecular weight is 195 g/mol. The molecule has 3 N–H and O–H groups in total. The molecular weight excluding hydrogens is 192 g/mol. The first-order chi connectivity index (χ1) is 5.34. The van der Waals surface area contributed by atoms with Gasteiger partial charge in [0.15, 0.2) is 0 Å². The lowest BCUT2D eigenvalue weighted by atomic mass is 11.4. The molecule has 10 heteroatoms. The van der Waals surface area contributed by atoms with Crippen LogP contribution in [0.1, 0.15) is 0 Å². The minimum atomic E-state index is 0.178. The summed E-state index contributed by atoms with van der Waals surface area (Å²) < 4.78 is 0.178. The van der Waals surface area contributed by atoms with Gasteiger partial charge in [-0.15, -0.1) is 0 Å². The van der Waals surface area contributed by atoms with Gasteiger partial charge in [0, 0.05) is 0 Å². The van der Waals surface area contributed by atoms with Crippen molar-refractivity contribution < 1.29 is 5.53 Å². The van der Waals surface area contributed by atoms with Gasteiger partial charge in [-0.3, -0.25) is 5.10 Å². The van der Waals surface area contributed by atoms with Gasteiger partial charge in [0.05, 0.1) is 0 Å². The average Bonchev–Trinajstić information content (AvgIpc) is 2.37. The second-order valence-corrected chi connectivity index (χ2v) is 1.88. The highest BCUT2D eigenvalue weighted by Crippen LogP contribution is 1.77. The molecule has 0 fully saturated rings. The largest absolute Gasteiger partial charge is 0.456 e. The van der Waals surface area contributed by atoms with Crippen molar-refractivity contribution in [3.63, 3.8) is 0 Å². The summed E-state index contributed by atoms with van der Waals surface area (Å²) >= 11 is 9.59. The predicted octanol–water partition coefficient (Wildman–Crippen LogP) is -1.28. The van der Waals surface area contributed by atoms with Crippen LogP contribution in [0.25, 0.3) is 10.5 Å². The zero-order valence-corrected chi connectivity index (χ0v) is 6.62. The molecule has 8 nitrogen and oxygen atoms in total. The fourth-order valence-corrected chi connectivity index (χ4v) is 0.501. The summed E-state index contributed by atoms with van der Waals surface area (Å²) in [6.07, 6.45) is 0. The summed E-state index contributed by atoms with van der Waals surface area (Å²) in [7, 11) is 0. The first kappa shape index (κ1) is 8.36. The molecule has 1 rings (SSSR count). The molecule has 0 aliphatic rings. The van der Waals surface area contributed by atoms with E-state index in [9.17, 15) is 0 Å². The van der Waals surface area contributed by atoms with E-state index in [4.69, 9.17) is 11.8 Å². The Labute approximate surface area is 71.3 Å². The van der Waals surface area contributed by atoms with Crippen LogP contribution in [0.2, 0.25) is 0 Å². The Hall–Kier alpha value is -0.740. The Kier molecular flexibility index (Phi) is 3.19. The SMILES string of the molecule is S=c1[n-]nnn1N[N-][NH2+][N-]Cl. The highest BCUT2D eigenvalue weighted by atomic mass is 35.5. The number of nitrogens with zero attached hydrogens (tertiary/aromatic N) is 6. The van der Waals surface area contributed by atoms with Crippen LogP contribution in [0.5, 0.6) is 0 Å². The maximum absolute atomic E-state index is 4.93. The molecule has 0 saturated carbocycles. The van der Waals surface area contributed by atoms with Crippen LogP contribution in [0.4, 0.5) is 0 Å². The molecule has 1 aromatic heterocycles. The Morgan fingerprint density at radius 2 is 2.64 bits per heavy atom. The molecule has 1 heterocycles. The molecule has 0 spiro atoms. The maximum atomic E-state index is 4.93. The Morgan fingerprint density at radius 3 is 3.18 bits per heavy atom. The summed E-state index contributed by atoms with van der Waals surface area (Å²) in [6, 6.07) is 0. The van der Waals surface area contributed by atoms with Crippen molar-refractivity contribution in [2.45, 2.75) is 0 Å². The summed E-state index contributed by atoms with van der Waals surface area (Å²) in [4.78, 5) is 4.16. The molecule has 1 aromatic rings. The molecule has 0 amide bonds. The highest BCUT2D eigenvalue weighted by molar-refractivity contribution is 7.71. The molecule has 11 heavy (non-hydrogen) atoms. The molecule has 0 radical (unpaired) electrons. The van der Waals surface area contributed by atoms with Gasteiger partial charge in [0.2, 0.25) is 0 Å². The second kappa shape index (κ2) is 4.20. The first-order valence-electron chi connectivity index (χ1n) is 2.38. The lowest BCUT2D eigenvalue weighted by Crippen LogP contribution is -2.73. The van der Waals surface area contributed by atoms with E-state index in [1.54, 1.807) is 0 Å². The van der Waals surface area contributed by atoms with Gasteiger partial charge in [-0.1, -0.05) is 12.2 Å². The molecule has 0 atom stereocenters. The Balaban J connectivity index is 2.39. The summed E-state index contributed by atoms with van der Waals surface area (Å²) in [5.74, 6) is 0. The monoisotopic (exact) mass is 194 g/mol. The fourth-order valence-electron chi connectivity index (χ4n) is 0.344. The van der Waals surface area contributed by atoms with Crippen molar-refractivity contribution in [3.8, 4) is 0 Å². The molecule has 0 unspecified atom stereocenters. The van der Waals surface area contributed by atoms with Gasteiger partial charge in [-0.25, -0.2) is 17.0 Å². The van der Waals surface area contributed by atoms with Crippen LogP contribution in [0.15, 0.2) is 0 Å². The number of nitrogens with two attached hydrogens (primary N) is 1. The third-order valence-electron chi connectivity index (χ3n) is 0.695. The quantitative estimate of drug-likeness (QED) is 0.269. The van der Waals surface area contributed by atoms with Crippen LogP contribution in [-0.2, 0) is 0 Å². The normalized spacial score (nSPS) is 9.91. The fraction of sp³-hybridized carbons (Fsp3) is 0. The van der Waals surface area contributed by atoms with E-state index >= 15 is 0 Å². The molecule has 0 aliphatic carbocycles. The molecule has 0 aliphatic heterocycles. The number of aromatic nitrogens is 4. The lowest BCUT2D eigenvalue weighted by Gasteiger charge is -2.26. The summed E-state index contributed by atoms with van der Waals surface area (Å²) in [5.41, 5.74) is 6.92. The van der Waals surface area contributed by atoms with Crippen molar-refractivity contribution in [3.05, 3.63) is 15.3 Å². The van der Waals surface area contributed by atoms with Gasteiger partial charge in [0.25, 0.3) is 0 Å². The Bertz CT molecular complexity index is 251. The van der Waals surface area contributed by atoms with Crippen molar-refractivity contribution in [2.75, 3.05) is 5.53 Å². The van der Waals surface area contributed by atoms with E-state index in [1.807, 2.05) is 0 Å². The van der Waals surface area contributed by atoms with E-state index in [0.717, 1.165) is 10.3 Å². The minimum absolute atomic E-state index is 0.178. The van der Waals surface area contributed by atoms with Gasteiger partial charge in [0.1, 0.15) is 4.77 Å². The predicted molar refractivity (Wildman–Crippen MR) is 38.0 cm³/mol. The summed E-state index contributed by atoms with van der Waals surface area (Å²) in [6.45, 7) is 0. The van der Waals surface area contributed by atoms with Gasteiger partial charge in [-0.2, -0.15) is 5.21 Å². The number of rotatable bonds is 4. The van der Waals surface area contributed by atoms with Crippen LogP contribution in [0.3, 0.4) is 0 Å². The number of tetrazole rings is 1. The van der Waals surface area contributed by atoms with E-state index in [1.165, 1.54) is 0 Å². The number of halogens is 1. The lowest BCUT2D eigenvalue weighted by molar-refractivity contribution is -0.546. The van der Waals surface area contributed by atoms with Crippen molar-refractivity contribution in [2.24, 2.45) is 0 Å². The van der Waals surface area contributed by atoms with Crippen LogP contribution in [0, 0.1) is 4.77 Å². The van der Waals surface area contributed by atoms with Gasteiger partial charge < -0.3 is 26.3 Å². The van der Waals surface area contributed by atoms with Crippen LogP contribution < -0.4 is 16.2 Å².